The number of rotatable bonds is 7. The third-order valence-corrected chi connectivity index (χ3v) is 2.84. The third-order valence-electron chi connectivity index (χ3n) is 2.84. The van der Waals surface area contributed by atoms with Crippen molar-refractivity contribution in [2.75, 3.05) is 0 Å². The van der Waals surface area contributed by atoms with E-state index in [1.54, 1.807) is 20.8 Å². The Bertz CT molecular complexity index is 302. The highest BCUT2D eigenvalue weighted by Crippen LogP contribution is 2.27. The van der Waals surface area contributed by atoms with Crippen LogP contribution in [0.2, 0.25) is 0 Å². The number of ether oxygens (including phenoxy) is 1. The van der Waals surface area contributed by atoms with Crippen LogP contribution in [0.3, 0.4) is 0 Å². The summed E-state index contributed by atoms with van der Waals surface area (Å²) in [6.07, 6.45) is 1.82. The number of hydrogen-bond donors (Lipinski definition) is 1. The summed E-state index contributed by atoms with van der Waals surface area (Å²) in [5, 5.41) is 9.36. The molecule has 0 aliphatic rings. The summed E-state index contributed by atoms with van der Waals surface area (Å²) in [4.78, 5) is 23.6. The second kappa shape index (κ2) is 7.51. The molecule has 0 rings (SSSR count). The Labute approximate surface area is 116 Å². The summed E-state index contributed by atoms with van der Waals surface area (Å²) >= 11 is 0. The van der Waals surface area contributed by atoms with Crippen molar-refractivity contribution >= 4 is 11.9 Å². The first kappa shape index (κ1) is 17.9. The molecule has 0 radical (unpaired) electrons. The highest BCUT2D eigenvalue weighted by Gasteiger charge is 2.36. The second-order valence-corrected chi connectivity index (χ2v) is 6.50. The minimum absolute atomic E-state index is 0.239. The first-order valence-electron chi connectivity index (χ1n) is 7.04. The predicted molar refractivity (Wildman–Crippen MR) is 74.8 cm³/mol. The van der Waals surface area contributed by atoms with Gasteiger partial charge in [-0.2, -0.15) is 0 Å². The third kappa shape index (κ3) is 7.19. The molecule has 112 valence electrons. The van der Waals surface area contributed by atoms with Crippen molar-refractivity contribution in [1.82, 2.24) is 0 Å². The van der Waals surface area contributed by atoms with Gasteiger partial charge in [0.2, 0.25) is 0 Å². The number of carboxylic acids is 1. The van der Waals surface area contributed by atoms with E-state index in [1.165, 1.54) is 0 Å². The maximum atomic E-state index is 12.2. The smallest absolute Gasteiger partial charge is 0.310 e. The Kier molecular flexibility index (Phi) is 7.09. The van der Waals surface area contributed by atoms with E-state index in [-0.39, 0.29) is 11.9 Å². The molecular formula is C15H28O4. The lowest BCUT2D eigenvalue weighted by Crippen LogP contribution is -2.36. The van der Waals surface area contributed by atoms with E-state index in [4.69, 9.17) is 4.74 Å². The van der Waals surface area contributed by atoms with E-state index < -0.39 is 23.4 Å². The fourth-order valence-electron chi connectivity index (χ4n) is 2.12. The van der Waals surface area contributed by atoms with Gasteiger partial charge in [-0.15, -0.1) is 0 Å². The van der Waals surface area contributed by atoms with Gasteiger partial charge < -0.3 is 9.84 Å². The van der Waals surface area contributed by atoms with Gasteiger partial charge in [-0.1, -0.05) is 27.2 Å². The zero-order chi connectivity index (χ0) is 15.2. The van der Waals surface area contributed by atoms with E-state index >= 15 is 0 Å². The minimum Gasteiger partial charge on any atom is -0.481 e. The first-order chi connectivity index (χ1) is 8.58. The number of aliphatic carboxylic acids is 1. The van der Waals surface area contributed by atoms with Crippen LogP contribution in [0.5, 0.6) is 0 Å². The van der Waals surface area contributed by atoms with Gasteiger partial charge in [-0.3, -0.25) is 9.59 Å². The zero-order valence-corrected chi connectivity index (χ0v) is 13.0. The monoisotopic (exact) mass is 272 g/mol. The molecule has 0 aliphatic heterocycles. The predicted octanol–water partition coefficient (Wildman–Crippen LogP) is 3.49. The van der Waals surface area contributed by atoms with Gasteiger partial charge in [-0.25, -0.2) is 0 Å². The second-order valence-electron chi connectivity index (χ2n) is 6.50. The van der Waals surface area contributed by atoms with Crippen LogP contribution in [-0.2, 0) is 14.3 Å². The highest BCUT2D eigenvalue weighted by atomic mass is 16.6. The van der Waals surface area contributed by atoms with Crippen molar-refractivity contribution in [3.8, 4) is 0 Å². The number of carbonyl (C=O) groups excluding carboxylic acids is 1. The minimum atomic E-state index is -0.905. The zero-order valence-electron chi connectivity index (χ0n) is 13.0. The molecule has 19 heavy (non-hydrogen) atoms. The molecule has 4 nitrogen and oxygen atoms in total. The molecule has 0 heterocycles. The van der Waals surface area contributed by atoms with Gasteiger partial charge in [0.05, 0.1) is 11.8 Å². The molecule has 0 saturated heterocycles. The Morgan fingerprint density at radius 2 is 1.68 bits per heavy atom. The number of esters is 1. The largest absolute Gasteiger partial charge is 0.481 e. The summed E-state index contributed by atoms with van der Waals surface area (Å²) in [6, 6.07) is 0. The van der Waals surface area contributed by atoms with E-state index in [9.17, 15) is 14.7 Å². The molecule has 0 amide bonds. The van der Waals surface area contributed by atoms with Crippen LogP contribution in [0.25, 0.3) is 0 Å². The number of carboxylic acid groups (broad SMARTS) is 1. The van der Waals surface area contributed by atoms with Crippen molar-refractivity contribution in [2.45, 2.75) is 66.4 Å². The normalized spacial score (nSPS) is 15.1. The average molecular weight is 272 g/mol. The molecule has 0 aliphatic carbocycles. The summed E-state index contributed by atoms with van der Waals surface area (Å²) in [5.41, 5.74) is -0.579. The molecule has 1 N–H and O–H groups in total. The van der Waals surface area contributed by atoms with Gasteiger partial charge in [0.15, 0.2) is 0 Å². The van der Waals surface area contributed by atoms with Crippen LogP contribution < -0.4 is 0 Å². The molecule has 0 aromatic carbocycles. The van der Waals surface area contributed by atoms with Gasteiger partial charge >= 0.3 is 11.9 Å². The Balaban J connectivity index is 5.02. The van der Waals surface area contributed by atoms with Crippen molar-refractivity contribution in [3.63, 3.8) is 0 Å². The fourth-order valence-corrected chi connectivity index (χ4v) is 2.12. The van der Waals surface area contributed by atoms with E-state index in [0.29, 0.717) is 12.8 Å². The van der Waals surface area contributed by atoms with Crippen LogP contribution in [-0.4, -0.2) is 22.6 Å². The molecule has 0 fully saturated rings. The fraction of sp³-hybridized carbons (Fsp3) is 0.867. The van der Waals surface area contributed by atoms with E-state index in [1.807, 2.05) is 20.8 Å². The summed E-state index contributed by atoms with van der Waals surface area (Å²) in [5.74, 6) is -2.26. The number of hydrogen-bond acceptors (Lipinski definition) is 3. The van der Waals surface area contributed by atoms with Crippen molar-refractivity contribution in [1.29, 1.82) is 0 Å². The van der Waals surface area contributed by atoms with Crippen LogP contribution in [0.4, 0.5) is 0 Å². The Morgan fingerprint density at radius 1 is 1.16 bits per heavy atom. The molecule has 1 unspecified atom stereocenters. The van der Waals surface area contributed by atoms with E-state index in [2.05, 4.69) is 0 Å². The molecule has 0 spiro atoms. The SMILES string of the molecule is CCC[C@@H](C(=O)OC(C)(C)C)C(CC(C)C)C(=O)O. The van der Waals surface area contributed by atoms with E-state index in [0.717, 1.165) is 6.42 Å². The van der Waals surface area contributed by atoms with Crippen LogP contribution in [0.15, 0.2) is 0 Å². The Hall–Kier alpha value is -1.06. The lowest BCUT2D eigenvalue weighted by Gasteiger charge is -2.27. The van der Waals surface area contributed by atoms with Gasteiger partial charge in [0.25, 0.3) is 0 Å². The molecule has 4 heteroatoms. The quantitative estimate of drug-likeness (QED) is 0.720. The molecule has 0 bridgehead atoms. The van der Waals surface area contributed by atoms with Gasteiger partial charge in [0.1, 0.15) is 5.60 Å². The first-order valence-corrected chi connectivity index (χ1v) is 7.04. The highest BCUT2D eigenvalue weighted by molar-refractivity contribution is 5.81. The Morgan fingerprint density at radius 3 is 2.00 bits per heavy atom. The van der Waals surface area contributed by atoms with Gasteiger partial charge in [0, 0.05) is 0 Å². The molecule has 0 saturated carbocycles. The van der Waals surface area contributed by atoms with Crippen molar-refractivity contribution in [3.05, 3.63) is 0 Å². The molecule has 0 aromatic heterocycles. The topological polar surface area (TPSA) is 63.6 Å². The summed E-state index contributed by atoms with van der Waals surface area (Å²) < 4.78 is 5.36. The molecular weight excluding hydrogens is 244 g/mol. The average Bonchev–Trinajstić information content (AvgIpc) is 2.19. The number of carbonyl (C=O) groups is 2. The lowest BCUT2D eigenvalue weighted by molar-refractivity contribution is -0.167. The standard InChI is InChI=1S/C15H28O4/c1-7-8-11(14(18)19-15(4,5)6)12(13(16)17)9-10(2)3/h10-12H,7-9H2,1-6H3,(H,16,17)/t11-,12?/m1/s1. The summed E-state index contributed by atoms with van der Waals surface area (Å²) in [7, 11) is 0. The maximum Gasteiger partial charge on any atom is 0.310 e. The van der Waals surface area contributed by atoms with Crippen molar-refractivity contribution in [2.24, 2.45) is 17.8 Å². The molecule has 2 atom stereocenters. The lowest BCUT2D eigenvalue weighted by atomic mass is 9.82. The molecule has 0 aromatic rings. The summed E-state index contributed by atoms with van der Waals surface area (Å²) in [6.45, 7) is 11.3. The van der Waals surface area contributed by atoms with Crippen LogP contribution in [0, 0.1) is 17.8 Å². The van der Waals surface area contributed by atoms with Crippen molar-refractivity contribution < 1.29 is 19.4 Å². The van der Waals surface area contributed by atoms with Crippen LogP contribution in [0.1, 0.15) is 60.8 Å². The maximum absolute atomic E-state index is 12.2. The van der Waals surface area contributed by atoms with Crippen LogP contribution >= 0.6 is 0 Å². The van der Waals surface area contributed by atoms with Gasteiger partial charge in [-0.05, 0) is 39.5 Å².